The third-order valence-corrected chi connectivity index (χ3v) is 6.72. The van der Waals surface area contributed by atoms with Gasteiger partial charge in [0.15, 0.2) is 0 Å². The van der Waals surface area contributed by atoms with Gasteiger partial charge in [-0.3, -0.25) is 25.3 Å². The molecule has 1 saturated heterocycles. The third kappa shape index (κ3) is 5.38. The molecular weight excluding hydrogens is 508 g/mol. The Kier molecular flexibility index (Phi) is 7.12. The van der Waals surface area contributed by atoms with Crippen LogP contribution < -0.4 is 20.7 Å². The molecule has 2 aliphatic heterocycles. The number of hydrogen-bond donors (Lipinski definition) is 3. The number of imidazole rings is 1. The molecule has 0 unspecified atom stereocenters. The average Bonchev–Trinajstić information content (AvgIpc) is 3.45. The van der Waals surface area contributed by atoms with Crippen molar-refractivity contribution in [1.29, 1.82) is 5.41 Å². The fourth-order valence-electron chi connectivity index (χ4n) is 4.58. The van der Waals surface area contributed by atoms with Gasteiger partial charge in [0.1, 0.15) is 35.7 Å². The van der Waals surface area contributed by atoms with E-state index in [0.717, 1.165) is 17.0 Å². The second kappa shape index (κ2) is 10.6. The maximum atomic E-state index is 12.3. The molecule has 11 nitrogen and oxygen atoms in total. The van der Waals surface area contributed by atoms with E-state index >= 15 is 0 Å². The number of aliphatic imine (C=N–C) groups is 1. The number of carbonyl (C=O) groups is 2. The lowest BCUT2D eigenvalue weighted by Gasteiger charge is -2.26. The van der Waals surface area contributed by atoms with Crippen LogP contribution in [0.5, 0.6) is 5.75 Å². The molecule has 0 saturated carbocycles. The zero-order valence-electron chi connectivity index (χ0n) is 20.8. The van der Waals surface area contributed by atoms with E-state index in [9.17, 15) is 9.59 Å². The summed E-state index contributed by atoms with van der Waals surface area (Å²) in [6, 6.07) is 12.8. The number of nitrogens with two attached hydrogens (primary N) is 1. The third-order valence-electron chi connectivity index (χ3n) is 6.41. The first-order valence-electron chi connectivity index (χ1n) is 12.0. The monoisotopic (exact) mass is 534 g/mol. The van der Waals surface area contributed by atoms with Crippen molar-refractivity contribution >= 4 is 41.0 Å². The van der Waals surface area contributed by atoms with E-state index < -0.39 is 6.03 Å². The van der Waals surface area contributed by atoms with Crippen LogP contribution in [-0.2, 0) is 24.9 Å². The number of anilines is 1. The number of carbonyl (C=O) groups excluding carboxylic acids is 2. The minimum absolute atomic E-state index is 0.0384. The summed E-state index contributed by atoms with van der Waals surface area (Å²) in [6.07, 6.45) is 1.89. The Bertz CT molecular complexity index is 1450. The number of ether oxygens (including phenoxy) is 1. The Balaban J connectivity index is 1.21. The van der Waals surface area contributed by atoms with Gasteiger partial charge in [-0.05, 0) is 29.3 Å². The van der Waals surface area contributed by atoms with Crippen LogP contribution in [0, 0.1) is 5.41 Å². The number of rotatable bonds is 7. The lowest BCUT2D eigenvalue weighted by molar-refractivity contribution is -0.120. The predicted octanol–water partition coefficient (Wildman–Crippen LogP) is 2.92. The number of halogens is 1. The molecule has 1 fully saturated rings. The molecule has 0 bridgehead atoms. The highest BCUT2D eigenvalue weighted by Crippen LogP contribution is 2.30. The molecule has 3 aromatic rings. The number of urea groups is 1. The highest BCUT2D eigenvalue weighted by molar-refractivity contribution is 6.32. The standard InChI is InChI=1S/C26H27ClN8O3/c1-33-24(35-9-8-23(36)32-26(35)37)11-30-25(33)16-6-7-17-12-34(13-18(17)10-16)14-21(28)31-22(29)15-38-20-5-3-2-4-19(20)27/h2-7,10-11H,8-9,12-15H2,1H3,(H3,28,29,31)(H,32,36,37). The molecule has 1 aromatic heterocycles. The molecule has 0 radical (unpaired) electrons. The van der Waals surface area contributed by atoms with Gasteiger partial charge in [0.05, 0.1) is 17.8 Å². The van der Waals surface area contributed by atoms with Crippen LogP contribution >= 0.6 is 11.6 Å². The molecule has 12 heteroatoms. The first-order chi connectivity index (χ1) is 18.3. The predicted molar refractivity (Wildman–Crippen MR) is 145 cm³/mol. The number of imide groups is 1. The molecule has 5 rings (SSSR count). The molecule has 0 atom stereocenters. The van der Waals surface area contributed by atoms with Crippen molar-refractivity contribution in [3.63, 3.8) is 0 Å². The molecule has 38 heavy (non-hydrogen) atoms. The van der Waals surface area contributed by atoms with E-state index in [2.05, 4.69) is 32.3 Å². The van der Waals surface area contributed by atoms with Crippen LogP contribution in [0.1, 0.15) is 17.5 Å². The topological polar surface area (TPSA) is 142 Å². The highest BCUT2D eigenvalue weighted by atomic mass is 35.5. The molecular formula is C26H27ClN8O3. The number of amides is 3. The Labute approximate surface area is 224 Å². The summed E-state index contributed by atoms with van der Waals surface area (Å²) in [5.41, 5.74) is 9.20. The summed E-state index contributed by atoms with van der Waals surface area (Å²) < 4.78 is 7.44. The molecule has 196 valence electrons. The number of aromatic nitrogens is 2. The first kappa shape index (κ1) is 25.4. The number of para-hydroxylation sites is 1. The molecule has 3 amide bonds. The number of benzene rings is 2. The van der Waals surface area contributed by atoms with Crippen molar-refractivity contribution in [2.24, 2.45) is 17.8 Å². The van der Waals surface area contributed by atoms with Crippen LogP contribution in [0.25, 0.3) is 11.4 Å². The first-order valence-corrected chi connectivity index (χ1v) is 12.4. The van der Waals surface area contributed by atoms with Gasteiger partial charge in [0.2, 0.25) is 5.91 Å². The lowest BCUT2D eigenvalue weighted by Crippen LogP contribution is -2.50. The Hall–Kier alpha value is -4.22. The van der Waals surface area contributed by atoms with Gasteiger partial charge in [-0.2, -0.15) is 0 Å². The summed E-state index contributed by atoms with van der Waals surface area (Å²) in [5.74, 6) is 1.92. The largest absolute Gasteiger partial charge is 0.484 e. The number of nitrogens with zero attached hydrogens (tertiary/aromatic N) is 5. The Morgan fingerprint density at radius 2 is 2.00 bits per heavy atom. The van der Waals surface area contributed by atoms with E-state index in [1.165, 1.54) is 10.5 Å². The SMILES string of the molecule is Cn1c(N2CCC(=O)NC2=O)cnc1-c1ccc2c(c1)CN(CC(=N)N=C(N)COc1ccccc1Cl)C2. The molecule has 4 N–H and O–H groups in total. The fourth-order valence-corrected chi connectivity index (χ4v) is 4.77. The van der Waals surface area contributed by atoms with E-state index in [-0.39, 0.29) is 30.6 Å². The Morgan fingerprint density at radius 1 is 1.21 bits per heavy atom. The van der Waals surface area contributed by atoms with Crippen molar-refractivity contribution in [3.8, 4) is 17.1 Å². The normalized spacial score (nSPS) is 15.9. The fraction of sp³-hybridized carbons (Fsp3) is 0.269. The minimum Gasteiger partial charge on any atom is -0.484 e. The van der Waals surface area contributed by atoms with Crippen LogP contribution in [-0.4, -0.2) is 57.8 Å². The summed E-state index contributed by atoms with van der Waals surface area (Å²) in [5, 5.41) is 11.1. The quantitative estimate of drug-likeness (QED) is 0.314. The van der Waals surface area contributed by atoms with Crippen LogP contribution in [0.2, 0.25) is 5.02 Å². The van der Waals surface area contributed by atoms with Gasteiger partial charge in [-0.15, -0.1) is 0 Å². The summed E-state index contributed by atoms with van der Waals surface area (Å²) >= 11 is 6.09. The molecule has 3 heterocycles. The van der Waals surface area contributed by atoms with Crippen molar-refractivity contribution < 1.29 is 14.3 Å². The number of nitrogens with one attached hydrogen (secondary N) is 2. The summed E-state index contributed by atoms with van der Waals surface area (Å²) in [6.45, 7) is 2.04. The second-order valence-corrected chi connectivity index (χ2v) is 9.56. The van der Waals surface area contributed by atoms with Gasteiger partial charge in [0, 0.05) is 38.7 Å². The average molecular weight is 535 g/mol. The number of hydrogen-bond acceptors (Lipinski definition) is 6. The smallest absolute Gasteiger partial charge is 0.329 e. The van der Waals surface area contributed by atoms with E-state index in [1.807, 2.05) is 29.8 Å². The summed E-state index contributed by atoms with van der Waals surface area (Å²) in [4.78, 5) is 36.1. The van der Waals surface area contributed by atoms with Gasteiger partial charge in [0.25, 0.3) is 0 Å². The minimum atomic E-state index is -0.443. The van der Waals surface area contributed by atoms with E-state index in [1.54, 1.807) is 18.3 Å². The van der Waals surface area contributed by atoms with E-state index in [0.29, 0.717) is 42.8 Å². The second-order valence-electron chi connectivity index (χ2n) is 9.15. The van der Waals surface area contributed by atoms with Crippen molar-refractivity contribution in [3.05, 3.63) is 64.8 Å². The van der Waals surface area contributed by atoms with Gasteiger partial charge in [-0.25, -0.2) is 14.8 Å². The summed E-state index contributed by atoms with van der Waals surface area (Å²) in [7, 11) is 1.85. The van der Waals surface area contributed by atoms with Crippen LogP contribution in [0.4, 0.5) is 10.6 Å². The highest BCUT2D eigenvalue weighted by Gasteiger charge is 2.27. The van der Waals surface area contributed by atoms with Gasteiger partial charge < -0.3 is 15.0 Å². The van der Waals surface area contributed by atoms with Crippen molar-refractivity contribution in [1.82, 2.24) is 19.8 Å². The molecule has 0 aliphatic carbocycles. The van der Waals surface area contributed by atoms with Crippen LogP contribution in [0.3, 0.4) is 0 Å². The van der Waals surface area contributed by atoms with Crippen LogP contribution in [0.15, 0.2) is 53.7 Å². The van der Waals surface area contributed by atoms with Crippen molar-refractivity contribution in [2.75, 3.05) is 24.6 Å². The number of amidine groups is 2. The maximum absolute atomic E-state index is 12.3. The lowest BCUT2D eigenvalue weighted by atomic mass is 10.1. The molecule has 0 spiro atoms. The molecule has 2 aromatic carbocycles. The zero-order valence-corrected chi connectivity index (χ0v) is 21.5. The number of fused-ring (bicyclic) bond motifs is 1. The van der Waals surface area contributed by atoms with Crippen molar-refractivity contribution in [2.45, 2.75) is 19.5 Å². The van der Waals surface area contributed by atoms with Gasteiger partial charge in [-0.1, -0.05) is 35.9 Å². The maximum Gasteiger partial charge on any atom is 0.329 e. The molecule has 2 aliphatic rings. The van der Waals surface area contributed by atoms with Gasteiger partial charge >= 0.3 is 6.03 Å². The van der Waals surface area contributed by atoms with E-state index in [4.69, 9.17) is 27.5 Å². The zero-order chi connectivity index (χ0) is 26.8. The Morgan fingerprint density at radius 3 is 2.79 bits per heavy atom.